The number of hydrogen-bond acceptors (Lipinski definition) is 1. The van der Waals surface area contributed by atoms with Gasteiger partial charge in [0, 0.05) is 10.2 Å². The monoisotopic (exact) mass is 352 g/mol. The summed E-state index contributed by atoms with van der Waals surface area (Å²) in [5.74, 6) is -0.240. The zero-order valence-corrected chi connectivity index (χ0v) is 13.3. The van der Waals surface area contributed by atoms with Gasteiger partial charge in [-0.3, -0.25) is 0 Å². The van der Waals surface area contributed by atoms with E-state index in [4.69, 9.17) is 12.2 Å². The summed E-state index contributed by atoms with van der Waals surface area (Å²) in [6.45, 7) is 1.97. The molecule has 1 unspecified atom stereocenters. The summed E-state index contributed by atoms with van der Waals surface area (Å²) in [5, 5.41) is 6.80. The minimum Gasteiger partial charge on any atom is -0.356 e. The van der Waals surface area contributed by atoms with E-state index in [1.165, 1.54) is 12.1 Å². The van der Waals surface area contributed by atoms with Gasteiger partial charge in [0.05, 0.1) is 6.04 Å². The molecule has 2 rings (SSSR count). The molecule has 0 amide bonds. The summed E-state index contributed by atoms with van der Waals surface area (Å²) in [5.41, 5.74) is 1.88. The molecular formula is C15H14BrFN2S. The maximum atomic E-state index is 12.9. The fourth-order valence-electron chi connectivity index (χ4n) is 1.76. The van der Waals surface area contributed by atoms with E-state index in [2.05, 4.69) is 26.6 Å². The van der Waals surface area contributed by atoms with E-state index in [1.54, 1.807) is 12.1 Å². The first kappa shape index (κ1) is 14.9. The van der Waals surface area contributed by atoms with Gasteiger partial charge >= 0.3 is 0 Å². The van der Waals surface area contributed by atoms with E-state index in [0.29, 0.717) is 5.11 Å². The molecule has 0 fully saturated rings. The van der Waals surface area contributed by atoms with Crippen molar-refractivity contribution in [2.75, 3.05) is 5.32 Å². The molecular weight excluding hydrogens is 339 g/mol. The van der Waals surface area contributed by atoms with E-state index in [1.807, 2.05) is 31.2 Å². The normalized spacial score (nSPS) is 11.8. The second kappa shape index (κ2) is 6.81. The van der Waals surface area contributed by atoms with Crippen LogP contribution >= 0.6 is 28.1 Å². The van der Waals surface area contributed by atoms with Crippen LogP contribution in [0.3, 0.4) is 0 Å². The van der Waals surface area contributed by atoms with Crippen LogP contribution in [-0.2, 0) is 0 Å². The lowest BCUT2D eigenvalue weighted by atomic mass is 10.1. The average molecular weight is 353 g/mol. The summed E-state index contributed by atoms with van der Waals surface area (Å²) in [7, 11) is 0. The Bertz CT molecular complexity index is 601. The standard InChI is InChI=1S/C15H14BrFN2S/c1-10(11-5-7-13(17)8-6-11)18-15(20)19-14-4-2-3-12(16)9-14/h2-10H,1H3,(H2,18,19,20). The summed E-state index contributed by atoms with van der Waals surface area (Å²) in [6.07, 6.45) is 0. The van der Waals surface area contributed by atoms with Crippen LogP contribution in [-0.4, -0.2) is 5.11 Å². The van der Waals surface area contributed by atoms with Crippen LogP contribution in [0, 0.1) is 5.82 Å². The van der Waals surface area contributed by atoms with Crippen molar-refractivity contribution >= 4 is 38.9 Å². The van der Waals surface area contributed by atoms with Crippen LogP contribution in [0.5, 0.6) is 0 Å². The van der Waals surface area contributed by atoms with Gasteiger partial charge in [-0.2, -0.15) is 0 Å². The highest BCUT2D eigenvalue weighted by Crippen LogP contribution is 2.16. The molecule has 0 radical (unpaired) electrons. The van der Waals surface area contributed by atoms with Crippen molar-refractivity contribution in [2.24, 2.45) is 0 Å². The van der Waals surface area contributed by atoms with E-state index in [-0.39, 0.29) is 11.9 Å². The van der Waals surface area contributed by atoms with Gasteiger partial charge in [-0.1, -0.05) is 34.1 Å². The van der Waals surface area contributed by atoms with Gasteiger partial charge in [0.1, 0.15) is 5.82 Å². The number of hydrogen-bond donors (Lipinski definition) is 2. The van der Waals surface area contributed by atoms with Gasteiger partial charge < -0.3 is 10.6 Å². The second-order valence-corrected chi connectivity index (χ2v) is 5.71. The van der Waals surface area contributed by atoms with Gasteiger partial charge in [0.15, 0.2) is 5.11 Å². The molecule has 2 nitrogen and oxygen atoms in total. The number of halogens is 2. The van der Waals surface area contributed by atoms with Crippen molar-refractivity contribution < 1.29 is 4.39 Å². The predicted octanol–water partition coefficient (Wildman–Crippen LogP) is 4.64. The van der Waals surface area contributed by atoms with Crippen LogP contribution < -0.4 is 10.6 Å². The summed E-state index contributed by atoms with van der Waals surface area (Å²) < 4.78 is 13.9. The van der Waals surface area contributed by atoms with Gasteiger partial charge in [0.25, 0.3) is 0 Å². The first-order chi connectivity index (χ1) is 9.54. The number of nitrogens with one attached hydrogen (secondary N) is 2. The molecule has 2 aromatic carbocycles. The fraction of sp³-hybridized carbons (Fsp3) is 0.133. The van der Waals surface area contributed by atoms with Crippen molar-refractivity contribution in [2.45, 2.75) is 13.0 Å². The lowest BCUT2D eigenvalue weighted by Crippen LogP contribution is -2.30. The number of benzene rings is 2. The average Bonchev–Trinajstić information content (AvgIpc) is 2.39. The molecule has 0 heterocycles. The third-order valence-corrected chi connectivity index (χ3v) is 3.51. The van der Waals surface area contributed by atoms with Gasteiger partial charge in [0.2, 0.25) is 0 Å². The molecule has 104 valence electrons. The van der Waals surface area contributed by atoms with Crippen molar-refractivity contribution in [3.63, 3.8) is 0 Å². The Morgan fingerprint density at radius 1 is 1.20 bits per heavy atom. The van der Waals surface area contributed by atoms with Crippen LogP contribution in [0.2, 0.25) is 0 Å². The van der Waals surface area contributed by atoms with Crippen LogP contribution in [0.1, 0.15) is 18.5 Å². The van der Waals surface area contributed by atoms with E-state index >= 15 is 0 Å². The smallest absolute Gasteiger partial charge is 0.171 e. The molecule has 20 heavy (non-hydrogen) atoms. The Balaban J connectivity index is 1.95. The Labute approximate surface area is 131 Å². The Hall–Kier alpha value is -1.46. The molecule has 0 aliphatic rings. The summed E-state index contributed by atoms with van der Waals surface area (Å²) in [6, 6.07) is 14.1. The van der Waals surface area contributed by atoms with Crippen molar-refractivity contribution in [1.82, 2.24) is 5.32 Å². The molecule has 2 N–H and O–H groups in total. The topological polar surface area (TPSA) is 24.1 Å². The van der Waals surface area contributed by atoms with E-state index in [0.717, 1.165) is 15.7 Å². The van der Waals surface area contributed by atoms with Crippen molar-refractivity contribution in [1.29, 1.82) is 0 Å². The number of rotatable bonds is 3. The van der Waals surface area contributed by atoms with E-state index in [9.17, 15) is 4.39 Å². The minimum atomic E-state index is -0.240. The molecule has 0 bridgehead atoms. The molecule has 0 saturated heterocycles. The Morgan fingerprint density at radius 2 is 1.90 bits per heavy atom. The predicted molar refractivity (Wildman–Crippen MR) is 88.3 cm³/mol. The van der Waals surface area contributed by atoms with Crippen molar-refractivity contribution in [3.8, 4) is 0 Å². The van der Waals surface area contributed by atoms with Crippen LogP contribution in [0.25, 0.3) is 0 Å². The lowest BCUT2D eigenvalue weighted by molar-refractivity contribution is 0.624. The first-order valence-corrected chi connectivity index (χ1v) is 7.33. The number of anilines is 1. The zero-order valence-electron chi connectivity index (χ0n) is 10.9. The molecule has 0 aliphatic heterocycles. The number of thiocarbonyl (C=S) groups is 1. The molecule has 2 aromatic rings. The maximum Gasteiger partial charge on any atom is 0.171 e. The quantitative estimate of drug-likeness (QED) is 0.787. The van der Waals surface area contributed by atoms with E-state index < -0.39 is 0 Å². The fourth-order valence-corrected chi connectivity index (χ4v) is 2.46. The largest absolute Gasteiger partial charge is 0.356 e. The first-order valence-electron chi connectivity index (χ1n) is 6.13. The maximum absolute atomic E-state index is 12.9. The molecule has 0 aliphatic carbocycles. The summed E-state index contributed by atoms with van der Waals surface area (Å²) in [4.78, 5) is 0. The molecule has 1 atom stereocenters. The zero-order chi connectivity index (χ0) is 14.5. The van der Waals surface area contributed by atoms with Gasteiger partial charge in [-0.05, 0) is 55.0 Å². The van der Waals surface area contributed by atoms with Gasteiger partial charge in [-0.25, -0.2) is 4.39 Å². The highest BCUT2D eigenvalue weighted by atomic mass is 79.9. The highest BCUT2D eigenvalue weighted by Gasteiger charge is 2.07. The van der Waals surface area contributed by atoms with Crippen molar-refractivity contribution in [3.05, 3.63) is 64.4 Å². The Kier molecular flexibility index (Phi) is 5.09. The molecule has 0 spiro atoms. The minimum absolute atomic E-state index is 0.00255. The molecule has 0 saturated carbocycles. The highest BCUT2D eigenvalue weighted by molar-refractivity contribution is 9.10. The molecule has 5 heteroatoms. The van der Waals surface area contributed by atoms with Crippen LogP contribution in [0.15, 0.2) is 53.0 Å². The summed E-state index contributed by atoms with van der Waals surface area (Å²) >= 11 is 8.68. The van der Waals surface area contributed by atoms with Gasteiger partial charge in [-0.15, -0.1) is 0 Å². The lowest BCUT2D eigenvalue weighted by Gasteiger charge is -2.17. The molecule has 0 aromatic heterocycles. The third-order valence-electron chi connectivity index (χ3n) is 2.80. The second-order valence-electron chi connectivity index (χ2n) is 4.38. The van der Waals surface area contributed by atoms with Crippen LogP contribution in [0.4, 0.5) is 10.1 Å². The third kappa shape index (κ3) is 4.28. The Morgan fingerprint density at radius 3 is 2.55 bits per heavy atom. The SMILES string of the molecule is CC(NC(=S)Nc1cccc(Br)c1)c1ccc(F)cc1.